The molecule has 0 N–H and O–H groups in total. The van der Waals surface area contributed by atoms with Gasteiger partial charge in [0.1, 0.15) is 6.54 Å². The van der Waals surface area contributed by atoms with E-state index in [0.29, 0.717) is 4.90 Å². The lowest BCUT2D eigenvalue weighted by Crippen LogP contribution is -2.37. The summed E-state index contributed by atoms with van der Waals surface area (Å²) in [5, 5.41) is 3.63. The molecule has 27 heavy (non-hydrogen) atoms. The average molecular weight is 382 g/mol. The van der Waals surface area contributed by atoms with E-state index in [1.807, 2.05) is 0 Å². The van der Waals surface area contributed by atoms with Crippen LogP contribution in [0.4, 0.5) is 18.0 Å². The first-order chi connectivity index (χ1) is 12.6. The maximum atomic E-state index is 12.6. The number of carbonyl (C=O) groups is 3. The van der Waals surface area contributed by atoms with Gasteiger partial charge in [0.2, 0.25) is 11.7 Å². The van der Waals surface area contributed by atoms with E-state index in [0.717, 1.165) is 17.0 Å². The molecule has 0 unspecified atom stereocenters. The Morgan fingerprint density at radius 2 is 1.70 bits per heavy atom. The smallest absolute Gasteiger partial charge is 0.337 e. The number of hydrogen-bond acceptors (Lipinski definition) is 6. The molecule has 1 aliphatic heterocycles. The highest BCUT2D eigenvalue weighted by Gasteiger charge is 2.46. The number of imide groups is 2. The van der Waals surface area contributed by atoms with Crippen molar-refractivity contribution in [1.82, 2.24) is 19.9 Å². The number of alkyl halides is 3. The topological polar surface area (TPSA) is 96.6 Å². The summed E-state index contributed by atoms with van der Waals surface area (Å²) in [7, 11) is 0. The lowest BCUT2D eigenvalue weighted by Gasteiger charge is -2.17. The third-order valence-corrected chi connectivity index (χ3v) is 3.83. The highest BCUT2D eigenvalue weighted by atomic mass is 19.4. The molecule has 0 saturated carbocycles. The van der Waals surface area contributed by atoms with E-state index in [1.54, 1.807) is 13.8 Å². The minimum Gasteiger partial charge on any atom is -0.337 e. The second-order valence-corrected chi connectivity index (χ2v) is 6.03. The average Bonchev–Trinajstić information content (AvgIpc) is 3.13. The molecule has 1 aliphatic rings. The van der Waals surface area contributed by atoms with E-state index >= 15 is 0 Å². The molecule has 3 rings (SSSR count). The van der Waals surface area contributed by atoms with Gasteiger partial charge in [0, 0.05) is 11.6 Å². The van der Waals surface area contributed by atoms with E-state index < -0.39 is 42.2 Å². The van der Waals surface area contributed by atoms with Crippen molar-refractivity contribution >= 4 is 17.8 Å². The fourth-order valence-corrected chi connectivity index (χ4v) is 2.50. The van der Waals surface area contributed by atoms with Gasteiger partial charge in [0.25, 0.3) is 0 Å². The summed E-state index contributed by atoms with van der Waals surface area (Å²) in [4.78, 5) is 41.5. The SMILES string of the molecule is CC(C)N1C(=O)C(=O)N(Cc2nc(-c3ccc(C(F)(F)F)cc3)no2)C1=O. The molecule has 2 heterocycles. The van der Waals surface area contributed by atoms with Crippen LogP contribution in [0.15, 0.2) is 28.8 Å². The van der Waals surface area contributed by atoms with E-state index in [1.165, 1.54) is 12.1 Å². The fourth-order valence-electron chi connectivity index (χ4n) is 2.50. The summed E-state index contributed by atoms with van der Waals surface area (Å²) in [6.45, 7) is 2.75. The molecule has 1 aromatic heterocycles. The van der Waals surface area contributed by atoms with Crippen LogP contribution in [0, 0.1) is 0 Å². The molecule has 1 fully saturated rings. The zero-order chi connectivity index (χ0) is 19.9. The first-order valence-electron chi connectivity index (χ1n) is 7.79. The second kappa shape index (κ2) is 6.49. The molecule has 11 heteroatoms. The van der Waals surface area contributed by atoms with Gasteiger partial charge in [-0.3, -0.25) is 14.5 Å². The Kier molecular flexibility index (Phi) is 4.46. The van der Waals surface area contributed by atoms with Crippen LogP contribution in [0.2, 0.25) is 0 Å². The van der Waals surface area contributed by atoms with Crippen LogP contribution in [0.1, 0.15) is 25.3 Å². The van der Waals surface area contributed by atoms with Crippen LogP contribution in [-0.4, -0.2) is 43.8 Å². The molecule has 142 valence electrons. The standard InChI is InChI=1S/C16H13F3N4O4/c1-8(2)23-14(25)13(24)22(15(23)26)7-11-20-12(21-27-11)9-3-5-10(6-4-9)16(17,18)19/h3-6,8H,7H2,1-2H3. The quantitative estimate of drug-likeness (QED) is 0.595. The van der Waals surface area contributed by atoms with Crippen LogP contribution in [-0.2, 0) is 22.3 Å². The van der Waals surface area contributed by atoms with E-state index in [9.17, 15) is 27.6 Å². The van der Waals surface area contributed by atoms with Crippen LogP contribution >= 0.6 is 0 Å². The number of aromatic nitrogens is 2. The Morgan fingerprint density at radius 1 is 1.07 bits per heavy atom. The van der Waals surface area contributed by atoms with Crippen LogP contribution in [0.25, 0.3) is 11.4 Å². The van der Waals surface area contributed by atoms with Gasteiger partial charge in [-0.25, -0.2) is 9.69 Å². The predicted octanol–water partition coefficient (Wildman–Crippen LogP) is 2.45. The van der Waals surface area contributed by atoms with Crippen molar-refractivity contribution in [2.45, 2.75) is 32.6 Å². The van der Waals surface area contributed by atoms with E-state index in [4.69, 9.17) is 4.52 Å². The number of benzene rings is 1. The third-order valence-electron chi connectivity index (χ3n) is 3.83. The number of nitrogens with zero attached hydrogens (tertiary/aromatic N) is 4. The number of carbonyl (C=O) groups excluding carboxylic acids is 3. The third kappa shape index (κ3) is 3.39. The Hall–Kier alpha value is -3.24. The second-order valence-electron chi connectivity index (χ2n) is 6.03. The first-order valence-corrected chi connectivity index (χ1v) is 7.79. The lowest BCUT2D eigenvalue weighted by molar-refractivity contribution is -0.144. The molecular weight excluding hydrogens is 369 g/mol. The molecule has 4 amide bonds. The molecule has 0 radical (unpaired) electrons. The summed E-state index contributed by atoms with van der Waals surface area (Å²) in [6.07, 6.45) is -4.47. The molecule has 0 aliphatic carbocycles. The minimum atomic E-state index is -4.47. The zero-order valence-electron chi connectivity index (χ0n) is 14.1. The van der Waals surface area contributed by atoms with Gasteiger partial charge in [-0.2, -0.15) is 18.2 Å². The molecule has 8 nitrogen and oxygen atoms in total. The van der Waals surface area contributed by atoms with Gasteiger partial charge >= 0.3 is 24.0 Å². The Morgan fingerprint density at radius 3 is 2.22 bits per heavy atom. The highest BCUT2D eigenvalue weighted by molar-refractivity contribution is 6.44. The van der Waals surface area contributed by atoms with Crippen LogP contribution < -0.4 is 0 Å². The van der Waals surface area contributed by atoms with Crippen molar-refractivity contribution in [1.29, 1.82) is 0 Å². The number of rotatable bonds is 4. The van der Waals surface area contributed by atoms with Crippen LogP contribution in [0.5, 0.6) is 0 Å². The highest BCUT2D eigenvalue weighted by Crippen LogP contribution is 2.30. The van der Waals surface area contributed by atoms with Gasteiger partial charge in [0.15, 0.2) is 0 Å². The van der Waals surface area contributed by atoms with E-state index in [2.05, 4.69) is 10.1 Å². The van der Waals surface area contributed by atoms with E-state index in [-0.39, 0.29) is 17.3 Å². The maximum Gasteiger partial charge on any atom is 0.416 e. The summed E-state index contributed by atoms with van der Waals surface area (Å²) in [6, 6.07) is 2.80. The molecule has 0 atom stereocenters. The number of urea groups is 1. The maximum absolute atomic E-state index is 12.6. The number of halogens is 3. The van der Waals surface area contributed by atoms with Crippen molar-refractivity contribution in [3.8, 4) is 11.4 Å². The number of amides is 4. The molecule has 1 saturated heterocycles. The van der Waals surface area contributed by atoms with Crippen molar-refractivity contribution in [2.75, 3.05) is 0 Å². The van der Waals surface area contributed by atoms with Gasteiger partial charge in [-0.05, 0) is 26.0 Å². The summed E-state index contributed by atoms with van der Waals surface area (Å²) < 4.78 is 42.7. The molecule has 0 spiro atoms. The fraction of sp³-hybridized carbons (Fsp3) is 0.312. The molecule has 2 aromatic rings. The van der Waals surface area contributed by atoms with Crippen molar-refractivity contribution in [3.63, 3.8) is 0 Å². The molecule has 1 aromatic carbocycles. The normalized spacial score (nSPS) is 15.4. The van der Waals surface area contributed by atoms with Crippen molar-refractivity contribution < 1.29 is 32.1 Å². The minimum absolute atomic E-state index is 0.00939. The predicted molar refractivity (Wildman–Crippen MR) is 82.7 cm³/mol. The summed E-state index contributed by atoms with van der Waals surface area (Å²) >= 11 is 0. The Balaban J connectivity index is 1.78. The van der Waals surface area contributed by atoms with Gasteiger partial charge < -0.3 is 4.52 Å². The monoisotopic (exact) mass is 382 g/mol. The number of hydrogen-bond donors (Lipinski definition) is 0. The first kappa shape index (κ1) is 18.5. The van der Waals surface area contributed by atoms with Crippen molar-refractivity contribution in [2.24, 2.45) is 0 Å². The van der Waals surface area contributed by atoms with Gasteiger partial charge in [-0.1, -0.05) is 17.3 Å². The van der Waals surface area contributed by atoms with Gasteiger partial charge in [-0.15, -0.1) is 0 Å². The molecular formula is C16H13F3N4O4. The summed E-state index contributed by atoms with van der Waals surface area (Å²) in [5.74, 6) is -2.10. The molecule has 0 bridgehead atoms. The largest absolute Gasteiger partial charge is 0.416 e. The van der Waals surface area contributed by atoms with Crippen molar-refractivity contribution in [3.05, 3.63) is 35.7 Å². The lowest BCUT2D eigenvalue weighted by atomic mass is 10.1. The zero-order valence-corrected chi connectivity index (χ0v) is 14.1. The summed E-state index contributed by atoms with van der Waals surface area (Å²) in [5.41, 5.74) is -0.563. The Labute approximate surface area is 150 Å². The Bertz CT molecular complexity index is 905. The van der Waals surface area contributed by atoms with Crippen LogP contribution in [0.3, 0.4) is 0 Å². The van der Waals surface area contributed by atoms with Gasteiger partial charge in [0.05, 0.1) is 5.56 Å².